The molecule has 0 spiro atoms. The number of piperazine rings is 1. The molecular formula is C11H20N4. The van der Waals surface area contributed by atoms with Crippen molar-refractivity contribution in [2.75, 3.05) is 24.5 Å². The Morgan fingerprint density at radius 2 is 2.33 bits per heavy atom. The van der Waals surface area contributed by atoms with Crippen molar-refractivity contribution >= 4 is 5.95 Å². The Kier molecular flexibility index (Phi) is 2.95. The van der Waals surface area contributed by atoms with Crippen LogP contribution in [0.4, 0.5) is 5.95 Å². The van der Waals surface area contributed by atoms with Gasteiger partial charge < -0.3 is 14.8 Å². The van der Waals surface area contributed by atoms with E-state index in [4.69, 9.17) is 0 Å². The Morgan fingerprint density at radius 1 is 1.53 bits per heavy atom. The molecule has 2 rings (SSSR count). The summed E-state index contributed by atoms with van der Waals surface area (Å²) >= 11 is 0. The van der Waals surface area contributed by atoms with Gasteiger partial charge in [0.05, 0.1) is 0 Å². The molecule has 0 saturated carbocycles. The monoisotopic (exact) mass is 208 g/mol. The zero-order valence-corrected chi connectivity index (χ0v) is 9.77. The predicted octanol–water partition coefficient (Wildman–Crippen LogP) is 1.26. The van der Waals surface area contributed by atoms with Gasteiger partial charge in [0, 0.05) is 44.1 Å². The first kappa shape index (κ1) is 10.5. The van der Waals surface area contributed by atoms with E-state index >= 15 is 0 Å². The zero-order chi connectivity index (χ0) is 10.8. The standard InChI is InChI=1S/C11H20N4/c1-9(2)15-7-5-13-11(15)14-6-4-12-10(3)8-14/h5,7,9-10,12H,4,6,8H2,1-3H3/t10-/m0/s1. The molecular weight excluding hydrogens is 188 g/mol. The third-order valence-corrected chi connectivity index (χ3v) is 2.86. The van der Waals surface area contributed by atoms with Crippen molar-refractivity contribution in [1.82, 2.24) is 14.9 Å². The van der Waals surface area contributed by atoms with Crippen LogP contribution >= 0.6 is 0 Å². The molecule has 1 aliphatic heterocycles. The first-order chi connectivity index (χ1) is 7.18. The Hall–Kier alpha value is -1.03. The third-order valence-electron chi connectivity index (χ3n) is 2.86. The van der Waals surface area contributed by atoms with E-state index in [1.165, 1.54) is 0 Å². The van der Waals surface area contributed by atoms with Gasteiger partial charge in [-0.2, -0.15) is 0 Å². The van der Waals surface area contributed by atoms with E-state index in [2.05, 4.69) is 46.7 Å². The quantitative estimate of drug-likeness (QED) is 0.794. The molecule has 1 saturated heterocycles. The lowest BCUT2D eigenvalue weighted by Crippen LogP contribution is -2.50. The van der Waals surface area contributed by atoms with Gasteiger partial charge in [-0.1, -0.05) is 0 Å². The zero-order valence-electron chi connectivity index (χ0n) is 9.77. The highest BCUT2D eigenvalue weighted by Gasteiger charge is 2.19. The molecule has 1 aromatic rings. The molecule has 1 aromatic heterocycles. The number of aromatic nitrogens is 2. The lowest BCUT2D eigenvalue weighted by Gasteiger charge is -2.33. The van der Waals surface area contributed by atoms with E-state index in [1.807, 2.05) is 6.20 Å². The van der Waals surface area contributed by atoms with Crippen molar-refractivity contribution in [3.05, 3.63) is 12.4 Å². The molecule has 0 unspecified atom stereocenters. The molecule has 0 aliphatic carbocycles. The van der Waals surface area contributed by atoms with Gasteiger partial charge in [0.2, 0.25) is 5.95 Å². The molecule has 1 fully saturated rings. The van der Waals surface area contributed by atoms with Gasteiger partial charge in [-0.15, -0.1) is 0 Å². The molecule has 15 heavy (non-hydrogen) atoms. The summed E-state index contributed by atoms with van der Waals surface area (Å²) in [6, 6.07) is 1.03. The molecule has 0 radical (unpaired) electrons. The van der Waals surface area contributed by atoms with Gasteiger partial charge in [-0.3, -0.25) is 0 Å². The van der Waals surface area contributed by atoms with Crippen molar-refractivity contribution in [3.63, 3.8) is 0 Å². The number of imidazole rings is 1. The van der Waals surface area contributed by atoms with Gasteiger partial charge in [0.15, 0.2) is 0 Å². The lowest BCUT2D eigenvalue weighted by molar-refractivity contribution is 0.468. The van der Waals surface area contributed by atoms with Crippen LogP contribution in [0, 0.1) is 0 Å². The summed E-state index contributed by atoms with van der Waals surface area (Å²) in [6.07, 6.45) is 3.95. The fourth-order valence-electron chi connectivity index (χ4n) is 2.07. The second-order valence-electron chi connectivity index (χ2n) is 4.53. The number of hydrogen-bond donors (Lipinski definition) is 1. The van der Waals surface area contributed by atoms with Crippen LogP contribution in [0.5, 0.6) is 0 Å². The molecule has 84 valence electrons. The minimum atomic E-state index is 0.479. The Morgan fingerprint density at radius 3 is 3.00 bits per heavy atom. The molecule has 1 aliphatic rings. The summed E-state index contributed by atoms with van der Waals surface area (Å²) in [6.45, 7) is 9.74. The van der Waals surface area contributed by atoms with Crippen LogP contribution in [0.2, 0.25) is 0 Å². The van der Waals surface area contributed by atoms with Gasteiger partial charge >= 0.3 is 0 Å². The highest BCUT2D eigenvalue weighted by Crippen LogP contribution is 2.18. The smallest absolute Gasteiger partial charge is 0.205 e. The summed E-state index contributed by atoms with van der Waals surface area (Å²) < 4.78 is 2.23. The largest absolute Gasteiger partial charge is 0.339 e. The van der Waals surface area contributed by atoms with E-state index in [-0.39, 0.29) is 0 Å². The van der Waals surface area contributed by atoms with E-state index in [9.17, 15) is 0 Å². The number of nitrogens with one attached hydrogen (secondary N) is 1. The fourth-order valence-corrected chi connectivity index (χ4v) is 2.07. The van der Waals surface area contributed by atoms with E-state index in [1.54, 1.807) is 0 Å². The molecule has 0 amide bonds. The van der Waals surface area contributed by atoms with E-state index in [0.717, 1.165) is 25.6 Å². The lowest BCUT2D eigenvalue weighted by atomic mass is 10.2. The van der Waals surface area contributed by atoms with Crippen molar-refractivity contribution < 1.29 is 0 Å². The highest BCUT2D eigenvalue weighted by atomic mass is 15.3. The first-order valence-corrected chi connectivity index (χ1v) is 5.69. The van der Waals surface area contributed by atoms with Crippen LogP contribution in [-0.4, -0.2) is 35.2 Å². The van der Waals surface area contributed by atoms with Gasteiger partial charge in [-0.05, 0) is 20.8 Å². The molecule has 0 aromatic carbocycles. The van der Waals surface area contributed by atoms with Crippen molar-refractivity contribution in [2.45, 2.75) is 32.9 Å². The summed E-state index contributed by atoms with van der Waals surface area (Å²) in [7, 11) is 0. The molecule has 4 heteroatoms. The maximum absolute atomic E-state index is 4.46. The summed E-state index contributed by atoms with van der Waals surface area (Å²) in [4.78, 5) is 6.82. The number of hydrogen-bond acceptors (Lipinski definition) is 3. The van der Waals surface area contributed by atoms with Crippen molar-refractivity contribution in [2.24, 2.45) is 0 Å². The maximum Gasteiger partial charge on any atom is 0.205 e. The number of anilines is 1. The van der Waals surface area contributed by atoms with Crippen LogP contribution < -0.4 is 10.2 Å². The average Bonchev–Trinajstić information content (AvgIpc) is 2.65. The molecule has 4 nitrogen and oxygen atoms in total. The van der Waals surface area contributed by atoms with Gasteiger partial charge in [0.1, 0.15) is 0 Å². The minimum Gasteiger partial charge on any atom is -0.339 e. The molecule has 1 N–H and O–H groups in total. The van der Waals surface area contributed by atoms with Crippen LogP contribution in [0.1, 0.15) is 26.8 Å². The molecule has 1 atom stereocenters. The Bertz CT molecular complexity index is 318. The normalized spacial score (nSPS) is 22.4. The maximum atomic E-state index is 4.46. The van der Waals surface area contributed by atoms with Crippen LogP contribution in [-0.2, 0) is 0 Å². The Labute approximate surface area is 91.3 Å². The summed E-state index contributed by atoms with van der Waals surface area (Å²) in [5.41, 5.74) is 0. The number of rotatable bonds is 2. The highest BCUT2D eigenvalue weighted by molar-refractivity contribution is 5.33. The number of nitrogens with zero attached hydrogens (tertiary/aromatic N) is 3. The van der Waals surface area contributed by atoms with E-state index < -0.39 is 0 Å². The van der Waals surface area contributed by atoms with E-state index in [0.29, 0.717) is 12.1 Å². The molecule has 0 bridgehead atoms. The van der Waals surface area contributed by atoms with Crippen LogP contribution in [0.3, 0.4) is 0 Å². The third kappa shape index (κ3) is 2.15. The Balaban J connectivity index is 2.17. The van der Waals surface area contributed by atoms with Gasteiger partial charge in [-0.25, -0.2) is 4.98 Å². The summed E-state index contributed by atoms with van der Waals surface area (Å²) in [5, 5.41) is 3.44. The fraction of sp³-hybridized carbons (Fsp3) is 0.727. The van der Waals surface area contributed by atoms with Crippen molar-refractivity contribution in [1.29, 1.82) is 0 Å². The second kappa shape index (κ2) is 4.23. The predicted molar refractivity (Wildman–Crippen MR) is 62.3 cm³/mol. The summed E-state index contributed by atoms with van der Waals surface area (Å²) in [5.74, 6) is 1.11. The minimum absolute atomic E-state index is 0.479. The van der Waals surface area contributed by atoms with Crippen LogP contribution in [0.15, 0.2) is 12.4 Å². The van der Waals surface area contributed by atoms with Crippen LogP contribution in [0.25, 0.3) is 0 Å². The van der Waals surface area contributed by atoms with Crippen molar-refractivity contribution in [3.8, 4) is 0 Å². The second-order valence-corrected chi connectivity index (χ2v) is 4.53. The van der Waals surface area contributed by atoms with Gasteiger partial charge in [0.25, 0.3) is 0 Å². The topological polar surface area (TPSA) is 33.1 Å². The first-order valence-electron chi connectivity index (χ1n) is 5.69. The average molecular weight is 208 g/mol. The molecule has 2 heterocycles. The SMILES string of the molecule is CC(C)n1ccnc1N1CCN[C@@H](C)C1.